The summed E-state index contributed by atoms with van der Waals surface area (Å²) in [5.74, 6) is 1.10. The maximum Gasteiger partial charge on any atom is 0.267 e. The molecule has 0 N–H and O–H groups in total. The van der Waals surface area contributed by atoms with Crippen LogP contribution < -0.4 is 9.47 Å². The number of amides is 1. The molecule has 4 rings (SSSR count). The van der Waals surface area contributed by atoms with Gasteiger partial charge in [-0.2, -0.15) is 0 Å². The summed E-state index contributed by atoms with van der Waals surface area (Å²) in [4.78, 5) is 14.6. The molecule has 4 nitrogen and oxygen atoms in total. The van der Waals surface area contributed by atoms with Crippen molar-refractivity contribution >= 4 is 17.5 Å². The van der Waals surface area contributed by atoms with Gasteiger partial charge in [0.2, 0.25) is 0 Å². The van der Waals surface area contributed by atoms with Gasteiger partial charge in [-0.05, 0) is 46.1 Å². The average molecular weight is 468 g/mol. The summed E-state index contributed by atoms with van der Waals surface area (Å²) in [6.45, 7) is 14.5. The summed E-state index contributed by atoms with van der Waals surface area (Å²) < 4.78 is 11.7. The Morgan fingerprint density at radius 1 is 1.00 bits per heavy atom. The van der Waals surface area contributed by atoms with E-state index in [-0.39, 0.29) is 5.91 Å². The fourth-order valence-corrected chi connectivity index (χ4v) is 3.39. The SMILES string of the molecule is C=CC=C.CC=C(C)C.O=C(c1cc2c(cc1Cl)OC(c1ccccc1)O2)N1CCCCC1. The predicted molar refractivity (Wildman–Crippen MR) is 137 cm³/mol. The van der Waals surface area contributed by atoms with Gasteiger partial charge in [-0.25, -0.2) is 0 Å². The third-order valence-corrected chi connectivity index (χ3v) is 5.50. The fraction of sp³-hybridized carbons (Fsp3) is 0.321. The highest BCUT2D eigenvalue weighted by Gasteiger charge is 2.29. The molecular weight excluding hydrogens is 434 g/mol. The Kier molecular flexibility index (Phi) is 10.8. The van der Waals surface area contributed by atoms with Crippen molar-refractivity contribution in [3.05, 3.63) is 95.6 Å². The van der Waals surface area contributed by atoms with Crippen LogP contribution in [0.5, 0.6) is 11.5 Å². The summed E-state index contributed by atoms with van der Waals surface area (Å²) in [5, 5.41) is 0.404. The van der Waals surface area contributed by atoms with Crippen molar-refractivity contribution in [2.24, 2.45) is 0 Å². The Morgan fingerprint density at radius 3 is 2.06 bits per heavy atom. The Bertz CT molecular complexity index is 953. The maximum atomic E-state index is 12.7. The molecule has 5 heteroatoms. The molecule has 0 radical (unpaired) electrons. The first kappa shape index (κ1) is 26.3. The number of hydrogen-bond acceptors (Lipinski definition) is 3. The number of ether oxygens (including phenoxy) is 2. The number of allylic oxidation sites excluding steroid dienone is 4. The number of carbonyl (C=O) groups is 1. The molecule has 2 heterocycles. The number of likely N-dealkylation sites (tertiary alicyclic amines) is 1. The minimum Gasteiger partial charge on any atom is -0.447 e. The van der Waals surface area contributed by atoms with E-state index in [9.17, 15) is 4.79 Å². The van der Waals surface area contributed by atoms with Crippen LogP contribution in [-0.4, -0.2) is 23.9 Å². The fourth-order valence-electron chi connectivity index (χ4n) is 3.15. The molecule has 1 fully saturated rings. The summed E-state index contributed by atoms with van der Waals surface area (Å²) in [6, 6.07) is 13.1. The van der Waals surface area contributed by atoms with Crippen LogP contribution in [0.1, 0.15) is 62.2 Å². The maximum absolute atomic E-state index is 12.7. The van der Waals surface area contributed by atoms with Crippen molar-refractivity contribution in [3.8, 4) is 11.5 Å². The number of nitrogens with zero attached hydrogens (tertiary/aromatic N) is 1. The molecule has 2 aromatic carbocycles. The summed E-state index contributed by atoms with van der Waals surface area (Å²) >= 11 is 6.33. The standard InChI is InChI=1S/C19H18ClNO3.C5H10.C4H6/c20-15-12-17-16(23-19(24-17)13-7-3-1-4-8-13)11-14(15)18(22)21-9-5-2-6-10-21;1-4-5(2)3;1-3-4-2/h1,3-4,7-8,11-12,19H,2,5-6,9-10H2;4H,1-3H3;3-4H,1-2H2. The molecule has 0 bridgehead atoms. The van der Waals surface area contributed by atoms with Gasteiger partial charge in [-0.3, -0.25) is 4.79 Å². The van der Waals surface area contributed by atoms with E-state index >= 15 is 0 Å². The Balaban J connectivity index is 0.000000368. The lowest BCUT2D eigenvalue weighted by atomic mass is 10.1. The van der Waals surface area contributed by atoms with Crippen LogP contribution in [0.4, 0.5) is 0 Å². The first-order chi connectivity index (χ1) is 15.9. The number of carbonyl (C=O) groups excluding carboxylic acids is 1. The summed E-state index contributed by atoms with van der Waals surface area (Å²) in [5.41, 5.74) is 2.79. The predicted octanol–water partition coefficient (Wildman–Crippen LogP) is 7.77. The monoisotopic (exact) mass is 467 g/mol. The molecule has 1 unspecified atom stereocenters. The third kappa shape index (κ3) is 7.83. The zero-order valence-electron chi connectivity index (χ0n) is 19.9. The van der Waals surface area contributed by atoms with Gasteiger partial charge in [-0.1, -0.05) is 78.9 Å². The summed E-state index contributed by atoms with van der Waals surface area (Å²) in [6.07, 6.45) is 8.13. The molecule has 1 saturated heterocycles. The minimum atomic E-state index is -0.502. The lowest BCUT2D eigenvalue weighted by Crippen LogP contribution is -2.35. The van der Waals surface area contributed by atoms with E-state index in [2.05, 4.69) is 33.1 Å². The Hall–Kier alpha value is -2.98. The van der Waals surface area contributed by atoms with E-state index in [1.165, 1.54) is 12.0 Å². The third-order valence-electron chi connectivity index (χ3n) is 5.19. The second-order valence-electron chi connectivity index (χ2n) is 7.95. The molecule has 2 aliphatic heterocycles. The van der Waals surface area contributed by atoms with E-state index in [0.29, 0.717) is 22.1 Å². The zero-order valence-corrected chi connectivity index (χ0v) is 20.6. The number of hydrogen-bond donors (Lipinski definition) is 0. The van der Waals surface area contributed by atoms with Gasteiger partial charge in [0, 0.05) is 24.7 Å². The van der Waals surface area contributed by atoms with Crippen LogP contribution in [0.3, 0.4) is 0 Å². The van der Waals surface area contributed by atoms with Crippen LogP contribution in [0.2, 0.25) is 5.02 Å². The number of halogens is 1. The number of benzene rings is 2. The minimum absolute atomic E-state index is 0.0331. The van der Waals surface area contributed by atoms with Gasteiger partial charge in [0.25, 0.3) is 12.2 Å². The van der Waals surface area contributed by atoms with Crippen LogP contribution in [-0.2, 0) is 0 Å². The van der Waals surface area contributed by atoms with Crippen molar-refractivity contribution in [1.82, 2.24) is 4.90 Å². The molecule has 0 saturated carbocycles. The van der Waals surface area contributed by atoms with Crippen molar-refractivity contribution < 1.29 is 14.3 Å². The molecule has 0 spiro atoms. The van der Waals surface area contributed by atoms with Crippen molar-refractivity contribution in [2.45, 2.75) is 46.3 Å². The quantitative estimate of drug-likeness (QED) is 0.342. The Morgan fingerprint density at radius 2 is 1.55 bits per heavy atom. The molecule has 2 aromatic rings. The molecule has 2 aliphatic rings. The highest BCUT2D eigenvalue weighted by molar-refractivity contribution is 6.34. The first-order valence-corrected chi connectivity index (χ1v) is 11.6. The Labute approximate surface area is 203 Å². The first-order valence-electron chi connectivity index (χ1n) is 11.2. The topological polar surface area (TPSA) is 38.8 Å². The largest absolute Gasteiger partial charge is 0.447 e. The van der Waals surface area contributed by atoms with Crippen LogP contribution in [0.15, 0.2) is 79.4 Å². The smallest absolute Gasteiger partial charge is 0.267 e. The molecule has 33 heavy (non-hydrogen) atoms. The summed E-state index contributed by atoms with van der Waals surface area (Å²) in [7, 11) is 0. The normalized spacial score (nSPS) is 15.8. The van der Waals surface area contributed by atoms with Crippen molar-refractivity contribution in [3.63, 3.8) is 0 Å². The van der Waals surface area contributed by atoms with Crippen LogP contribution in [0, 0.1) is 0 Å². The highest BCUT2D eigenvalue weighted by Crippen LogP contribution is 2.43. The molecule has 0 aliphatic carbocycles. The van der Waals surface area contributed by atoms with Gasteiger partial charge in [0.1, 0.15) is 0 Å². The molecule has 1 amide bonds. The second kappa shape index (κ2) is 13.5. The number of rotatable bonds is 3. The van der Waals surface area contributed by atoms with E-state index in [0.717, 1.165) is 31.5 Å². The lowest BCUT2D eigenvalue weighted by Gasteiger charge is -2.27. The van der Waals surface area contributed by atoms with Gasteiger partial charge in [0.05, 0.1) is 10.6 Å². The van der Waals surface area contributed by atoms with Crippen molar-refractivity contribution in [2.75, 3.05) is 13.1 Å². The molecule has 1 atom stereocenters. The lowest BCUT2D eigenvalue weighted by molar-refractivity contribution is 0.0486. The second-order valence-corrected chi connectivity index (χ2v) is 8.35. The number of piperidine rings is 1. The van der Waals surface area contributed by atoms with E-state index in [1.807, 2.05) is 42.2 Å². The van der Waals surface area contributed by atoms with Gasteiger partial charge in [-0.15, -0.1) is 0 Å². The van der Waals surface area contributed by atoms with E-state index in [1.54, 1.807) is 24.3 Å². The van der Waals surface area contributed by atoms with Gasteiger partial charge in [0.15, 0.2) is 11.5 Å². The number of fused-ring (bicyclic) bond motifs is 1. The molecular formula is C28H34ClNO3. The van der Waals surface area contributed by atoms with E-state index < -0.39 is 6.29 Å². The zero-order chi connectivity index (χ0) is 24.2. The van der Waals surface area contributed by atoms with E-state index in [4.69, 9.17) is 21.1 Å². The average Bonchev–Trinajstić information content (AvgIpc) is 3.27. The van der Waals surface area contributed by atoms with Crippen LogP contribution >= 0.6 is 11.6 Å². The molecule has 0 aromatic heterocycles. The van der Waals surface area contributed by atoms with Crippen molar-refractivity contribution in [1.29, 1.82) is 0 Å². The molecule has 176 valence electrons. The van der Waals surface area contributed by atoms with Gasteiger partial charge >= 0.3 is 0 Å². The van der Waals surface area contributed by atoms with Gasteiger partial charge < -0.3 is 14.4 Å². The van der Waals surface area contributed by atoms with Crippen LogP contribution in [0.25, 0.3) is 0 Å². The highest BCUT2D eigenvalue weighted by atomic mass is 35.5.